The van der Waals surface area contributed by atoms with E-state index in [9.17, 15) is 9.90 Å². The van der Waals surface area contributed by atoms with Gasteiger partial charge >= 0.3 is 0 Å². The summed E-state index contributed by atoms with van der Waals surface area (Å²) < 4.78 is 11.3. The first-order valence-corrected chi connectivity index (χ1v) is 6.72. The fourth-order valence-electron chi connectivity index (χ4n) is 3.02. The predicted octanol–water partition coefficient (Wildman–Crippen LogP) is 2.00. The Bertz CT molecular complexity index is 467. The van der Waals surface area contributed by atoms with Crippen LogP contribution in [0.1, 0.15) is 41.6 Å². The van der Waals surface area contributed by atoms with Gasteiger partial charge in [-0.25, -0.2) is 0 Å². The standard InChI is InChI=1S/C15H18O4/c16-11-12-2-1-3-13(10-12)14(17)4-6-15(7-5-14)18-8-9-19-15/h1-3,10-11,17H,4-9H2. The smallest absolute Gasteiger partial charge is 0.168 e. The molecule has 1 heterocycles. The van der Waals surface area contributed by atoms with E-state index in [2.05, 4.69) is 0 Å². The van der Waals surface area contributed by atoms with Gasteiger partial charge in [0.1, 0.15) is 6.29 Å². The number of rotatable bonds is 2. The van der Waals surface area contributed by atoms with Crippen molar-refractivity contribution in [2.45, 2.75) is 37.1 Å². The molecule has 1 saturated heterocycles. The van der Waals surface area contributed by atoms with E-state index >= 15 is 0 Å². The van der Waals surface area contributed by atoms with Crippen molar-refractivity contribution in [2.75, 3.05) is 13.2 Å². The van der Waals surface area contributed by atoms with Crippen LogP contribution in [0.4, 0.5) is 0 Å². The van der Waals surface area contributed by atoms with E-state index in [4.69, 9.17) is 9.47 Å². The van der Waals surface area contributed by atoms with Gasteiger partial charge in [0, 0.05) is 18.4 Å². The largest absolute Gasteiger partial charge is 0.385 e. The molecule has 1 spiro atoms. The molecule has 0 bridgehead atoms. The lowest BCUT2D eigenvalue weighted by Gasteiger charge is -2.40. The van der Waals surface area contributed by atoms with Gasteiger partial charge in [-0.15, -0.1) is 0 Å². The number of carbonyl (C=O) groups is 1. The Hall–Kier alpha value is -1.23. The topological polar surface area (TPSA) is 55.8 Å². The maximum absolute atomic E-state index is 10.8. The molecule has 2 fully saturated rings. The molecule has 1 aliphatic carbocycles. The Morgan fingerprint density at radius 3 is 2.42 bits per heavy atom. The summed E-state index contributed by atoms with van der Waals surface area (Å²) in [4.78, 5) is 10.8. The van der Waals surface area contributed by atoms with Crippen molar-refractivity contribution in [1.29, 1.82) is 0 Å². The van der Waals surface area contributed by atoms with Crippen LogP contribution < -0.4 is 0 Å². The number of hydrogen-bond acceptors (Lipinski definition) is 4. The third-order valence-corrected chi connectivity index (χ3v) is 4.21. The summed E-state index contributed by atoms with van der Waals surface area (Å²) in [5.41, 5.74) is 0.532. The Morgan fingerprint density at radius 2 is 1.79 bits per heavy atom. The first kappa shape index (κ1) is 12.8. The first-order valence-electron chi connectivity index (χ1n) is 6.72. The van der Waals surface area contributed by atoms with Crippen LogP contribution in [0.25, 0.3) is 0 Å². The second-order valence-corrected chi connectivity index (χ2v) is 5.38. The fourth-order valence-corrected chi connectivity index (χ4v) is 3.02. The van der Waals surface area contributed by atoms with Crippen molar-refractivity contribution >= 4 is 6.29 Å². The summed E-state index contributed by atoms with van der Waals surface area (Å²) >= 11 is 0. The molecule has 1 aromatic carbocycles. The van der Waals surface area contributed by atoms with Gasteiger partial charge in [-0.3, -0.25) is 4.79 Å². The number of carbonyl (C=O) groups excluding carboxylic acids is 1. The van der Waals surface area contributed by atoms with Gasteiger partial charge in [0.25, 0.3) is 0 Å². The minimum atomic E-state index is -0.875. The molecule has 0 amide bonds. The summed E-state index contributed by atoms with van der Waals surface area (Å²) in [5.74, 6) is -0.478. The maximum atomic E-state index is 10.8. The highest BCUT2D eigenvalue weighted by atomic mass is 16.7. The lowest BCUT2D eigenvalue weighted by molar-refractivity contribution is -0.204. The second kappa shape index (κ2) is 4.71. The monoisotopic (exact) mass is 262 g/mol. The van der Waals surface area contributed by atoms with Gasteiger partial charge in [-0.2, -0.15) is 0 Å². The van der Waals surface area contributed by atoms with E-state index < -0.39 is 11.4 Å². The van der Waals surface area contributed by atoms with Crippen LogP contribution in [0, 0.1) is 0 Å². The van der Waals surface area contributed by atoms with Crippen LogP contribution in [-0.4, -0.2) is 30.4 Å². The van der Waals surface area contributed by atoms with Crippen LogP contribution in [-0.2, 0) is 15.1 Å². The summed E-state index contributed by atoms with van der Waals surface area (Å²) in [5, 5.41) is 10.8. The average Bonchev–Trinajstić information content (AvgIpc) is 2.92. The van der Waals surface area contributed by atoms with Crippen LogP contribution in [0.3, 0.4) is 0 Å². The van der Waals surface area contributed by atoms with Crippen LogP contribution >= 0.6 is 0 Å². The molecular formula is C15H18O4. The molecule has 1 aliphatic heterocycles. The van der Waals surface area contributed by atoms with Gasteiger partial charge in [-0.05, 0) is 24.5 Å². The van der Waals surface area contributed by atoms with Crippen LogP contribution in [0.2, 0.25) is 0 Å². The van der Waals surface area contributed by atoms with Crippen LogP contribution in [0.15, 0.2) is 24.3 Å². The van der Waals surface area contributed by atoms with E-state index in [0.29, 0.717) is 44.5 Å². The molecular weight excluding hydrogens is 244 g/mol. The number of ether oxygens (including phenoxy) is 2. The first-order chi connectivity index (χ1) is 9.16. The number of aliphatic hydroxyl groups is 1. The van der Waals surface area contributed by atoms with Crippen molar-refractivity contribution in [1.82, 2.24) is 0 Å². The zero-order chi connectivity index (χ0) is 13.3. The van der Waals surface area contributed by atoms with Crippen molar-refractivity contribution in [3.63, 3.8) is 0 Å². The van der Waals surface area contributed by atoms with E-state index in [1.54, 1.807) is 12.1 Å². The van der Waals surface area contributed by atoms with Crippen molar-refractivity contribution < 1.29 is 19.4 Å². The molecule has 0 unspecified atom stereocenters. The average molecular weight is 262 g/mol. The molecule has 0 aromatic heterocycles. The molecule has 1 N–H and O–H groups in total. The second-order valence-electron chi connectivity index (χ2n) is 5.38. The zero-order valence-electron chi connectivity index (χ0n) is 10.8. The maximum Gasteiger partial charge on any atom is 0.168 e. The highest BCUT2D eigenvalue weighted by molar-refractivity contribution is 5.75. The Morgan fingerprint density at radius 1 is 1.11 bits per heavy atom. The molecule has 4 nitrogen and oxygen atoms in total. The molecule has 102 valence electrons. The minimum Gasteiger partial charge on any atom is -0.385 e. The molecule has 3 rings (SSSR count). The van der Waals surface area contributed by atoms with Crippen molar-refractivity contribution in [2.24, 2.45) is 0 Å². The van der Waals surface area contributed by atoms with E-state index in [-0.39, 0.29) is 0 Å². The predicted molar refractivity (Wildman–Crippen MR) is 68.8 cm³/mol. The normalized spacial score (nSPS) is 24.5. The Kier molecular flexibility index (Phi) is 3.17. The summed E-state index contributed by atoms with van der Waals surface area (Å²) in [6, 6.07) is 7.19. The lowest BCUT2D eigenvalue weighted by atomic mass is 9.77. The summed E-state index contributed by atoms with van der Waals surface area (Å²) in [6.07, 6.45) is 3.37. The van der Waals surface area contributed by atoms with Crippen molar-refractivity contribution in [3.05, 3.63) is 35.4 Å². The van der Waals surface area contributed by atoms with E-state index in [1.807, 2.05) is 12.1 Å². The number of benzene rings is 1. The minimum absolute atomic E-state index is 0.478. The fraction of sp³-hybridized carbons (Fsp3) is 0.533. The quantitative estimate of drug-likeness (QED) is 0.828. The third-order valence-electron chi connectivity index (χ3n) is 4.21. The Labute approximate surface area is 112 Å². The van der Waals surface area contributed by atoms with Crippen LogP contribution in [0.5, 0.6) is 0 Å². The third kappa shape index (κ3) is 2.31. The van der Waals surface area contributed by atoms with Gasteiger partial charge in [0.05, 0.1) is 18.8 Å². The SMILES string of the molecule is O=Cc1cccc(C2(O)CCC3(CC2)OCCO3)c1. The summed E-state index contributed by atoms with van der Waals surface area (Å²) in [7, 11) is 0. The highest BCUT2D eigenvalue weighted by Crippen LogP contribution is 2.44. The van der Waals surface area contributed by atoms with Gasteiger partial charge < -0.3 is 14.6 Å². The zero-order valence-corrected chi connectivity index (χ0v) is 10.8. The molecule has 2 aliphatic rings. The molecule has 19 heavy (non-hydrogen) atoms. The molecule has 0 radical (unpaired) electrons. The van der Waals surface area contributed by atoms with Crippen molar-refractivity contribution in [3.8, 4) is 0 Å². The Balaban J connectivity index is 1.79. The highest BCUT2D eigenvalue weighted by Gasteiger charge is 2.46. The number of aldehydes is 1. The molecule has 4 heteroatoms. The lowest BCUT2D eigenvalue weighted by Crippen LogP contribution is -2.42. The van der Waals surface area contributed by atoms with Gasteiger partial charge in [-0.1, -0.05) is 18.2 Å². The molecule has 1 aromatic rings. The molecule has 0 atom stereocenters. The van der Waals surface area contributed by atoms with Gasteiger partial charge in [0.15, 0.2) is 5.79 Å². The number of hydrogen-bond donors (Lipinski definition) is 1. The summed E-state index contributed by atoms with van der Waals surface area (Å²) in [6.45, 7) is 1.28. The van der Waals surface area contributed by atoms with E-state index in [0.717, 1.165) is 11.8 Å². The molecule has 1 saturated carbocycles. The van der Waals surface area contributed by atoms with E-state index in [1.165, 1.54) is 0 Å². The van der Waals surface area contributed by atoms with Gasteiger partial charge in [0.2, 0.25) is 0 Å².